The Morgan fingerprint density at radius 1 is 0.663 bits per heavy atom. The van der Waals surface area contributed by atoms with Crippen molar-refractivity contribution < 1.29 is 87.6 Å². The first kappa shape index (κ1) is 68.1. The number of nitrogens with zero attached hydrogens (tertiary/aromatic N) is 8. The molecule has 3 aliphatic rings. The van der Waals surface area contributed by atoms with Crippen molar-refractivity contribution in [2.24, 2.45) is 5.92 Å². The molecule has 89 heavy (non-hydrogen) atoms. The van der Waals surface area contributed by atoms with E-state index in [9.17, 15) is 19.2 Å². The van der Waals surface area contributed by atoms with E-state index in [4.69, 9.17) is 15.6 Å². The largest absolute Gasteiger partial charge is 1.00 e. The quantitative estimate of drug-likeness (QED) is 0.0613. The standard InChI is InChI=1S/C33H38N4O3.C32H36N4O3.C6H13IOS.K.H/c1-8-37-29-12-11-28(22(5)31(29)34-35-37)30(23(6)33(39)40-7)25-10-9-24-13-14-36(18-27(24)17-25)32(38)26-15-19(2)21(4)20(3)16-26;1-7-36-29-11-10-27(22(5)31(29)33-34-36)28(17-30(37)39-6)24-9-8-23-12-13-35(18-26(23)16-24)32(38)25-14-19(2)21(4)20(3)15-25;1-9(2,7)6-4-3-5-8-6;;/h9-12,15-17,23,30H,8,13-14,18H2,1-7H3;8-11,14-16,28H,7,12-13,17-18H2,1-6H3;6H,3-5H2,1-2H3;;/q;;;+1;-1/t23?,30-;28-;;;/m00.../s1/i;;1D;;. The number of fused-ring (bicyclic) bond motifs is 4. The Morgan fingerprint density at radius 3 is 1.58 bits per heavy atom. The molecule has 15 nitrogen and oxygen atoms in total. The predicted molar refractivity (Wildman–Crippen MR) is 362 cm³/mol. The zero-order valence-electron chi connectivity index (χ0n) is 56.8. The van der Waals surface area contributed by atoms with Gasteiger partial charge in [-0.2, -0.15) is 7.20 Å². The fraction of sp³-hybridized carbons (Fsp3) is 0.437. The fourth-order valence-electron chi connectivity index (χ4n) is 12.8. The fourth-order valence-corrected chi connectivity index (χ4v) is 15.0. The van der Waals surface area contributed by atoms with Crippen LogP contribution in [0.15, 0.2) is 84.9 Å². The molecular formula is C71H88IKN8O7S. The van der Waals surface area contributed by atoms with Gasteiger partial charge in [0, 0.05) is 70.2 Å². The van der Waals surface area contributed by atoms with Crippen molar-refractivity contribution in [2.75, 3.05) is 46.4 Å². The molecule has 1 saturated heterocycles. The smallest absolute Gasteiger partial charge is 1.00 e. The third-order valence-corrected chi connectivity index (χ3v) is 21.7. The van der Waals surface area contributed by atoms with Crippen LogP contribution in [0.4, 0.5) is 0 Å². The van der Waals surface area contributed by atoms with E-state index >= 15 is 0 Å². The van der Waals surface area contributed by atoms with Crippen molar-refractivity contribution in [3.63, 3.8) is 0 Å². The Hall–Kier alpha value is -5.32. The minimum absolute atomic E-state index is 0. The summed E-state index contributed by atoms with van der Waals surface area (Å²) in [4.78, 5) is 56.4. The van der Waals surface area contributed by atoms with E-state index in [1.54, 1.807) is 0 Å². The van der Waals surface area contributed by atoms with Crippen LogP contribution < -0.4 is 51.4 Å². The van der Waals surface area contributed by atoms with Gasteiger partial charge in [-0.05, 0) is 254 Å². The molecular weight excluding hydrogens is 1270 g/mol. The van der Waals surface area contributed by atoms with Gasteiger partial charge in [-0.15, -0.1) is 10.2 Å². The zero-order chi connectivity index (χ0) is 64.2. The summed E-state index contributed by atoms with van der Waals surface area (Å²) in [6, 6.07) is 29.1. The minimum atomic E-state index is -0.783. The van der Waals surface area contributed by atoms with Gasteiger partial charge >= 0.3 is 63.3 Å². The van der Waals surface area contributed by atoms with Gasteiger partial charge in [-0.1, -0.05) is 65.9 Å². The molecule has 0 N–H and O–H groups in total. The molecule has 0 radical (unpaired) electrons. The van der Waals surface area contributed by atoms with Crippen molar-refractivity contribution in [3.05, 3.63) is 185 Å². The van der Waals surface area contributed by atoms with Crippen molar-refractivity contribution in [2.45, 2.75) is 152 Å². The molecule has 0 spiro atoms. The van der Waals surface area contributed by atoms with Gasteiger partial charge in [0.15, 0.2) is 0 Å². The van der Waals surface area contributed by atoms with E-state index in [0.717, 1.165) is 132 Å². The molecule has 18 heteroatoms. The van der Waals surface area contributed by atoms with Crippen LogP contribution in [0.25, 0.3) is 22.1 Å². The summed E-state index contributed by atoms with van der Waals surface area (Å²) in [6.07, 6.45) is 6.90. The summed E-state index contributed by atoms with van der Waals surface area (Å²) in [5.74, 6) is -1.27. The van der Waals surface area contributed by atoms with Crippen LogP contribution in [-0.4, -0.2) is 115 Å². The van der Waals surface area contributed by atoms with Crippen molar-refractivity contribution in [1.29, 1.82) is 0 Å². The van der Waals surface area contributed by atoms with E-state index in [-0.39, 0.29) is 94.8 Å². The summed E-state index contributed by atoms with van der Waals surface area (Å²) in [7, 11) is 2.07. The van der Waals surface area contributed by atoms with Crippen molar-refractivity contribution in [1.82, 2.24) is 39.8 Å². The molecule has 2 amide bonds. The maximum Gasteiger partial charge on any atom is 1.00 e. The van der Waals surface area contributed by atoms with Gasteiger partial charge in [-0.3, -0.25) is 19.2 Å². The maximum atomic E-state index is 13.5. The van der Waals surface area contributed by atoms with E-state index in [2.05, 4.69) is 138 Å². The van der Waals surface area contributed by atoms with E-state index in [0.29, 0.717) is 37.8 Å². The van der Waals surface area contributed by atoms with Crippen molar-refractivity contribution in [3.8, 4) is 0 Å². The maximum absolute atomic E-state index is 13.5. The summed E-state index contributed by atoms with van der Waals surface area (Å²) in [5.41, 5.74) is 23.4. The van der Waals surface area contributed by atoms with Crippen LogP contribution in [0.3, 0.4) is 0 Å². The summed E-state index contributed by atoms with van der Waals surface area (Å²) in [6.45, 7) is 27.3. The molecule has 3 unspecified atom stereocenters. The number of ether oxygens (including phenoxy) is 3. The number of halogens is 1. The molecule has 0 aliphatic carbocycles. The van der Waals surface area contributed by atoms with Gasteiger partial charge in [-0.25, -0.2) is 9.36 Å². The molecule has 5 atom stereocenters. The van der Waals surface area contributed by atoms with Crippen molar-refractivity contribution >= 4 is 74.2 Å². The monoisotopic (exact) mass is 1360 g/mol. The van der Waals surface area contributed by atoms with Crippen LogP contribution in [0.2, 0.25) is 0 Å². The van der Waals surface area contributed by atoms with Crippen LogP contribution in [0.1, 0.15) is 164 Å². The van der Waals surface area contributed by atoms with Gasteiger partial charge in [0.25, 0.3) is 11.8 Å². The normalized spacial score (nSPS) is 16.6. The Labute approximate surface area is 585 Å². The zero-order valence-corrected chi connectivity index (χ0v) is 60.9. The average Bonchev–Trinajstić information content (AvgIpc) is 1.86. The predicted octanol–water partition coefficient (Wildman–Crippen LogP) is 11.1. The number of amides is 2. The number of aromatic nitrogens is 6. The molecule has 0 bridgehead atoms. The number of hydrogen-bond donors (Lipinski definition) is 0. The number of aryl methyl sites for hydroxylation is 8. The molecule has 8 aromatic rings. The van der Waals surface area contributed by atoms with E-state index in [1.807, 2.05) is 90.2 Å². The Morgan fingerprint density at radius 2 is 1.13 bits per heavy atom. The van der Waals surface area contributed by atoms with Gasteiger partial charge in [0.2, 0.25) is 0 Å². The Kier molecular flexibility index (Phi) is 22.9. The molecule has 11 rings (SSSR count). The van der Waals surface area contributed by atoms with Gasteiger partial charge < -0.3 is 25.4 Å². The number of esters is 2. The number of carbonyl (C=O) groups is 4. The SMILES string of the molecule is CCn1nnc2c(C)c([C@@H](CC(=O)OC)c3ccc4c(c3)CN(C(=O)c3cc(C)c(C)c(C)c3)CC4)ccc21.CCn1nnc2c(C)c([C@H](c3ccc4c(c3)CN(C(=O)c3cc(C)c(C)c(C)c3)CC4)C(C)C(=O)OC)ccc21.[2H]CS(C)(I)C1CCCO1.[H-].[K+]. The third kappa shape index (κ3) is 15.3. The van der Waals surface area contributed by atoms with Crippen LogP contribution in [0, 0.1) is 61.3 Å². The number of carbonyl (C=O) groups excluding carboxylic acids is 4. The van der Waals surface area contributed by atoms with Crippen LogP contribution in [-0.2, 0) is 62.8 Å². The molecule has 3 aliphatic heterocycles. The van der Waals surface area contributed by atoms with Gasteiger partial charge in [0.05, 0.1) is 43.0 Å². The second-order valence-electron chi connectivity index (χ2n) is 24.2. The average molecular weight is 1360 g/mol. The second-order valence-corrected chi connectivity index (χ2v) is 32.8. The molecule has 0 saturated carbocycles. The minimum Gasteiger partial charge on any atom is -1.00 e. The topological polar surface area (TPSA) is 164 Å². The number of hydrogen-bond acceptors (Lipinski definition) is 11. The van der Waals surface area contributed by atoms with Crippen LogP contribution in [0.5, 0.6) is 0 Å². The summed E-state index contributed by atoms with van der Waals surface area (Å²) >= 11 is 2.41. The third-order valence-electron chi connectivity index (χ3n) is 18.6. The van der Waals surface area contributed by atoms with Crippen LogP contribution >= 0.6 is 28.4 Å². The number of benzene rings is 6. The molecule has 468 valence electrons. The summed E-state index contributed by atoms with van der Waals surface area (Å²) in [5, 5.41) is 17.5. The molecule has 1 fully saturated rings. The second kappa shape index (κ2) is 30.0. The van der Waals surface area contributed by atoms with Gasteiger partial charge in [0.1, 0.15) is 11.0 Å². The first-order valence-corrected chi connectivity index (χ1v) is 35.5. The summed E-state index contributed by atoms with van der Waals surface area (Å²) < 4.78 is 26.9. The first-order valence-electron chi connectivity index (χ1n) is 31.4. The number of rotatable bonds is 13. The van der Waals surface area contributed by atoms with E-state index in [1.165, 1.54) is 49.3 Å². The van der Waals surface area contributed by atoms with E-state index < -0.39 is 13.1 Å². The molecule has 6 aromatic carbocycles. The molecule has 2 aromatic heterocycles. The molecule has 5 heterocycles. The Bertz CT molecular complexity index is 3930. The number of methoxy groups -OCH3 is 2. The first-order chi connectivity index (χ1) is 42.5. The Balaban J connectivity index is 0.000000220.